The van der Waals surface area contributed by atoms with Crippen LogP contribution in [0.15, 0.2) is 41.8 Å². The number of carbonyl (C=O) groups is 2. The van der Waals surface area contributed by atoms with Crippen LogP contribution in [0.4, 0.5) is 4.79 Å². The lowest BCUT2D eigenvalue weighted by atomic mass is 10.1. The standard InChI is InChI=1S/C23H31N5O2S/c29-22(28-9-6-21-20(18-28)7-15-31-21)16-25-23(30)24-8-10-26-11-13-27(14-12-26)17-19-4-2-1-3-5-19/h1-5,7,15H,6,8-14,16-18H2,(H2,24,25,30). The van der Waals surface area contributed by atoms with Gasteiger partial charge in [0.1, 0.15) is 0 Å². The van der Waals surface area contributed by atoms with Crippen molar-refractivity contribution in [1.29, 1.82) is 0 Å². The van der Waals surface area contributed by atoms with E-state index in [2.05, 4.69) is 56.1 Å². The molecule has 0 atom stereocenters. The summed E-state index contributed by atoms with van der Waals surface area (Å²) in [7, 11) is 0. The molecule has 0 unspecified atom stereocenters. The zero-order chi connectivity index (χ0) is 21.5. The number of piperazine rings is 1. The third-order valence-corrected chi connectivity index (χ3v) is 7.01. The second kappa shape index (κ2) is 10.7. The lowest BCUT2D eigenvalue weighted by Crippen LogP contribution is -2.49. The van der Waals surface area contributed by atoms with Crippen LogP contribution in [0, 0.1) is 0 Å². The van der Waals surface area contributed by atoms with E-state index in [0.717, 1.165) is 52.2 Å². The summed E-state index contributed by atoms with van der Waals surface area (Å²) in [6.45, 7) is 7.92. The van der Waals surface area contributed by atoms with Crippen molar-refractivity contribution < 1.29 is 9.59 Å². The second-order valence-electron chi connectivity index (χ2n) is 8.15. The van der Waals surface area contributed by atoms with Crippen molar-refractivity contribution in [2.75, 3.05) is 52.4 Å². The first-order valence-corrected chi connectivity index (χ1v) is 11.9. The van der Waals surface area contributed by atoms with Crippen LogP contribution in [0.25, 0.3) is 0 Å². The van der Waals surface area contributed by atoms with E-state index in [1.54, 1.807) is 11.3 Å². The van der Waals surface area contributed by atoms with Crippen molar-refractivity contribution in [2.45, 2.75) is 19.5 Å². The van der Waals surface area contributed by atoms with Gasteiger partial charge >= 0.3 is 6.03 Å². The van der Waals surface area contributed by atoms with Gasteiger partial charge < -0.3 is 15.5 Å². The average Bonchev–Trinajstić information content (AvgIpc) is 3.27. The van der Waals surface area contributed by atoms with Gasteiger partial charge in [-0.15, -0.1) is 11.3 Å². The Labute approximate surface area is 188 Å². The van der Waals surface area contributed by atoms with Gasteiger partial charge in [-0.25, -0.2) is 4.79 Å². The maximum Gasteiger partial charge on any atom is 0.315 e. The van der Waals surface area contributed by atoms with Crippen LogP contribution < -0.4 is 10.6 Å². The maximum absolute atomic E-state index is 12.4. The molecule has 4 rings (SSSR count). The Hall–Kier alpha value is -2.42. The van der Waals surface area contributed by atoms with Gasteiger partial charge in [0.25, 0.3) is 0 Å². The molecule has 1 aromatic carbocycles. The zero-order valence-electron chi connectivity index (χ0n) is 17.9. The molecule has 0 spiro atoms. The van der Waals surface area contributed by atoms with Gasteiger partial charge in [0.2, 0.25) is 5.91 Å². The number of hydrogen-bond acceptors (Lipinski definition) is 5. The van der Waals surface area contributed by atoms with Crippen LogP contribution in [0.1, 0.15) is 16.0 Å². The summed E-state index contributed by atoms with van der Waals surface area (Å²) in [4.78, 5) is 32.5. The molecular weight excluding hydrogens is 410 g/mol. The number of thiophene rings is 1. The third-order valence-electron chi connectivity index (χ3n) is 5.99. The van der Waals surface area contributed by atoms with Gasteiger partial charge in [-0.1, -0.05) is 30.3 Å². The quantitative estimate of drug-likeness (QED) is 0.687. The number of urea groups is 1. The Morgan fingerprint density at radius 3 is 2.52 bits per heavy atom. The smallest absolute Gasteiger partial charge is 0.315 e. The Morgan fingerprint density at radius 2 is 1.71 bits per heavy atom. The van der Waals surface area contributed by atoms with E-state index in [4.69, 9.17) is 0 Å². The Balaban J connectivity index is 1.07. The van der Waals surface area contributed by atoms with Gasteiger partial charge in [0, 0.05) is 63.8 Å². The summed E-state index contributed by atoms with van der Waals surface area (Å²) in [5.74, 6) is -0.0264. The molecule has 2 aliphatic heterocycles. The monoisotopic (exact) mass is 441 g/mol. The molecule has 1 saturated heterocycles. The Kier molecular flexibility index (Phi) is 7.56. The fraction of sp³-hybridized carbons (Fsp3) is 0.478. The number of nitrogens with one attached hydrogen (secondary N) is 2. The molecule has 31 heavy (non-hydrogen) atoms. The largest absolute Gasteiger partial charge is 0.337 e. The molecule has 2 N–H and O–H groups in total. The van der Waals surface area contributed by atoms with Crippen LogP contribution in [-0.4, -0.2) is 79.0 Å². The van der Waals surface area contributed by atoms with Gasteiger partial charge in [0.15, 0.2) is 0 Å². The molecule has 0 aliphatic carbocycles. The van der Waals surface area contributed by atoms with E-state index < -0.39 is 0 Å². The molecule has 2 aromatic rings. The van der Waals surface area contributed by atoms with Crippen LogP contribution in [0.2, 0.25) is 0 Å². The highest BCUT2D eigenvalue weighted by molar-refractivity contribution is 7.10. The van der Waals surface area contributed by atoms with Crippen molar-refractivity contribution >= 4 is 23.3 Å². The summed E-state index contributed by atoms with van der Waals surface area (Å²) in [5.41, 5.74) is 2.59. The first kappa shape index (κ1) is 21.8. The van der Waals surface area contributed by atoms with Crippen molar-refractivity contribution in [3.63, 3.8) is 0 Å². The number of amides is 3. The maximum atomic E-state index is 12.4. The molecule has 7 nitrogen and oxygen atoms in total. The molecule has 0 bridgehead atoms. The minimum absolute atomic E-state index is 0.0264. The van der Waals surface area contributed by atoms with Crippen molar-refractivity contribution in [2.24, 2.45) is 0 Å². The molecule has 3 heterocycles. The first-order valence-electron chi connectivity index (χ1n) is 11.0. The topological polar surface area (TPSA) is 67.9 Å². The Morgan fingerprint density at radius 1 is 0.935 bits per heavy atom. The van der Waals surface area contributed by atoms with E-state index in [1.807, 2.05) is 11.0 Å². The van der Waals surface area contributed by atoms with E-state index in [0.29, 0.717) is 13.1 Å². The summed E-state index contributed by atoms with van der Waals surface area (Å²) >= 11 is 1.75. The lowest BCUT2D eigenvalue weighted by Gasteiger charge is -2.34. The number of hydrogen-bond donors (Lipinski definition) is 2. The van der Waals surface area contributed by atoms with E-state index in [-0.39, 0.29) is 18.5 Å². The fourth-order valence-corrected chi connectivity index (χ4v) is 5.02. The lowest BCUT2D eigenvalue weighted by molar-refractivity contribution is -0.130. The predicted molar refractivity (Wildman–Crippen MR) is 123 cm³/mol. The molecule has 2 aliphatic rings. The number of carbonyl (C=O) groups excluding carboxylic acids is 2. The van der Waals surface area contributed by atoms with Crippen LogP contribution in [0.5, 0.6) is 0 Å². The molecule has 3 amide bonds. The summed E-state index contributed by atoms with van der Waals surface area (Å²) in [5, 5.41) is 7.66. The van der Waals surface area contributed by atoms with Crippen molar-refractivity contribution in [3.8, 4) is 0 Å². The van der Waals surface area contributed by atoms with Crippen molar-refractivity contribution in [1.82, 2.24) is 25.3 Å². The number of nitrogens with zero attached hydrogens (tertiary/aromatic N) is 3. The highest BCUT2D eigenvalue weighted by Crippen LogP contribution is 2.23. The molecular formula is C23H31N5O2S. The van der Waals surface area contributed by atoms with E-state index in [1.165, 1.54) is 16.0 Å². The average molecular weight is 442 g/mol. The number of benzene rings is 1. The molecule has 166 valence electrons. The van der Waals surface area contributed by atoms with Crippen LogP contribution in [-0.2, 0) is 24.3 Å². The molecule has 1 aromatic heterocycles. The van der Waals surface area contributed by atoms with Gasteiger partial charge in [-0.3, -0.25) is 14.6 Å². The summed E-state index contributed by atoms with van der Waals surface area (Å²) in [6, 6.07) is 12.4. The highest BCUT2D eigenvalue weighted by atomic mass is 32.1. The predicted octanol–water partition coefficient (Wildman–Crippen LogP) is 1.75. The van der Waals surface area contributed by atoms with Gasteiger partial charge in [0.05, 0.1) is 6.54 Å². The minimum atomic E-state index is -0.274. The van der Waals surface area contributed by atoms with Crippen LogP contribution >= 0.6 is 11.3 Å². The third kappa shape index (κ3) is 6.29. The van der Waals surface area contributed by atoms with Crippen LogP contribution in [0.3, 0.4) is 0 Å². The zero-order valence-corrected chi connectivity index (χ0v) is 18.7. The summed E-state index contributed by atoms with van der Waals surface area (Å²) in [6.07, 6.45) is 0.906. The number of rotatable bonds is 7. The first-order chi connectivity index (χ1) is 15.2. The van der Waals surface area contributed by atoms with Gasteiger partial charge in [-0.05, 0) is 29.0 Å². The van der Waals surface area contributed by atoms with Gasteiger partial charge in [-0.2, -0.15) is 0 Å². The fourth-order valence-electron chi connectivity index (χ4n) is 4.13. The SMILES string of the molecule is O=C(NCCN1CCN(Cc2ccccc2)CC1)NCC(=O)N1CCc2sccc2C1. The normalized spacial score (nSPS) is 17.2. The van der Waals surface area contributed by atoms with E-state index in [9.17, 15) is 9.59 Å². The molecule has 0 saturated carbocycles. The number of fused-ring (bicyclic) bond motifs is 1. The Bertz CT molecular complexity index is 864. The minimum Gasteiger partial charge on any atom is -0.337 e. The molecule has 0 radical (unpaired) electrons. The van der Waals surface area contributed by atoms with Crippen molar-refractivity contribution in [3.05, 3.63) is 57.8 Å². The van der Waals surface area contributed by atoms with E-state index >= 15 is 0 Å². The summed E-state index contributed by atoms with van der Waals surface area (Å²) < 4.78 is 0. The highest BCUT2D eigenvalue weighted by Gasteiger charge is 2.21. The second-order valence-corrected chi connectivity index (χ2v) is 9.15. The molecule has 1 fully saturated rings. The molecule has 8 heteroatoms.